The molecule has 2 fully saturated rings. The van der Waals surface area contributed by atoms with Crippen molar-refractivity contribution in [2.75, 3.05) is 7.11 Å². The predicted molar refractivity (Wildman–Crippen MR) is 121 cm³/mol. The summed E-state index contributed by atoms with van der Waals surface area (Å²) in [6.45, 7) is 12.2. The zero-order chi connectivity index (χ0) is 24.7. The second kappa shape index (κ2) is 6.96. The van der Waals surface area contributed by atoms with Crippen molar-refractivity contribution in [2.24, 2.45) is 27.6 Å². The number of esters is 2. The van der Waals surface area contributed by atoms with Crippen LogP contribution >= 0.6 is 0 Å². The summed E-state index contributed by atoms with van der Waals surface area (Å²) in [6, 6.07) is 1.81. The molecule has 0 N–H and O–H groups in total. The molecule has 1 aromatic rings. The molecule has 5 atom stereocenters. The first kappa shape index (κ1) is 22.7. The molecule has 1 spiro atoms. The summed E-state index contributed by atoms with van der Waals surface area (Å²) in [7, 11) is 1.35. The number of carbonyl (C=O) groups excluding carboxylic acids is 3. The molecule has 4 aliphatic rings. The monoisotopic (exact) mass is 466 g/mol. The molecule has 0 aromatic carbocycles. The first-order valence-corrected chi connectivity index (χ1v) is 11.6. The largest absolute Gasteiger partial charge is 0.472 e. The fourth-order valence-electron chi connectivity index (χ4n) is 7.23. The molecule has 2 aliphatic heterocycles. The topological polar surface area (TPSA) is 92.0 Å². The van der Waals surface area contributed by atoms with Gasteiger partial charge in [0.25, 0.3) is 0 Å². The molecule has 5 rings (SSSR count). The second-order valence-electron chi connectivity index (χ2n) is 10.9. The molecular formula is C27H30O7. The number of allylic oxidation sites excluding steroid dienone is 3. The molecular weight excluding hydrogens is 436 g/mol. The lowest BCUT2D eigenvalue weighted by molar-refractivity contribution is -0.153. The molecule has 180 valence electrons. The van der Waals surface area contributed by atoms with Crippen LogP contribution in [0.3, 0.4) is 0 Å². The third-order valence-corrected chi connectivity index (χ3v) is 9.19. The Morgan fingerprint density at radius 2 is 1.91 bits per heavy atom. The predicted octanol–water partition coefficient (Wildman–Crippen LogP) is 4.81. The molecule has 1 saturated heterocycles. The van der Waals surface area contributed by atoms with Gasteiger partial charge in [-0.15, -0.1) is 0 Å². The van der Waals surface area contributed by atoms with Crippen LogP contribution in [0.2, 0.25) is 0 Å². The van der Waals surface area contributed by atoms with Gasteiger partial charge in [-0.3, -0.25) is 9.59 Å². The van der Waals surface area contributed by atoms with Crippen molar-refractivity contribution in [3.8, 4) is 0 Å². The normalized spacial score (nSPS) is 38.0. The summed E-state index contributed by atoms with van der Waals surface area (Å²) in [4.78, 5) is 38.6. The van der Waals surface area contributed by atoms with Gasteiger partial charge in [-0.25, -0.2) is 4.79 Å². The van der Waals surface area contributed by atoms with E-state index in [1.165, 1.54) is 7.11 Å². The van der Waals surface area contributed by atoms with Crippen LogP contribution in [-0.2, 0) is 28.6 Å². The quantitative estimate of drug-likeness (QED) is 0.590. The fraction of sp³-hybridized carbons (Fsp3) is 0.519. The van der Waals surface area contributed by atoms with Crippen LogP contribution in [0.5, 0.6) is 0 Å². The van der Waals surface area contributed by atoms with E-state index in [0.29, 0.717) is 24.4 Å². The molecule has 1 saturated carbocycles. The van der Waals surface area contributed by atoms with Crippen LogP contribution in [0.4, 0.5) is 0 Å². The van der Waals surface area contributed by atoms with Gasteiger partial charge in [-0.1, -0.05) is 34.3 Å². The lowest BCUT2D eigenvalue weighted by atomic mass is 9.46. The van der Waals surface area contributed by atoms with E-state index in [1.807, 2.05) is 26.8 Å². The van der Waals surface area contributed by atoms with E-state index in [4.69, 9.17) is 18.6 Å². The smallest absolute Gasteiger partial charge is 0.331 e. The Morgan fingerprint density at radius 1 is 1.18 bits per heavy atom. The summed E-state index contributed by atoms with van der Waals surface area (Å²) >= 11 is 0. The Balaban J connectivity index is 1.74. The molecule has 0 unspecified atom stereocenters. The minimum atomic E-state index is -0.855. The van der Waals surface area contributed by atoms with E-state index in [-0.39, 0.29) is 12.2 Å². The number of methoxy groups -OCH3 is 1. The zero-order valence-corrected chi connectivity index (χ0v) is 20.2. The van der Waals surface area contributed by atoms with Gasteiger partial charge in [-0.05, 0) is 30.4 Å². The van der Waals surface area contributed by atoms with Gasteiger partial charge in [-0.2, -0.15) is 0 Å². The Morgan fingerprint density at radius 3 is 2.56 bits per heavy atom. The minimum absolute atomic E-state index is 0.0427. The average molecular weight is 467 g/mol. The van der Waals surface area contributed by atoms with E-state index in [0.717, 1.165) is 11.1 Å². The first-order chi connectivity index (χ1) is 15.9. The van der Waals surface area contributed by atoms with Crippen LogP contribution in [0.1, 0.15) is 58.6 Å². The van der Waals surface area contributed by atoms with Crippen LogP contribution in [0.15, 0.2) is 58.8 Å². The molecule has 0 radical (unpaired) electrons. The number of fused-ring (bicyclic) bond motifs is 4. The number of cyclic esters (lactones) is 1. The summed E-state index contributed by atoms with van der Waals surface area (Å²) in [5.41, 5.74) is -1.31. The highest BCUT2D eigenvalue weighted by molar-refractivity contribution is 5.97. The van der Waals surface area contributed by atoms with Gasteiger partial charge in [0.05, 0.1) is 31.5 Å². The zero-order valence-electron chi connectivity index (χ0n) is 20.2. The lowest BCUT2D eigenvalue weighted by Gasteiger charge is -2.53. The molecule has 2 aliphatic carbocycles. The van der Waals surface area contributed by atoms with Crippen molar-refractivity contribution in [3.05, 3.63) is 60.0 Å². The number of ketones is 1. The van der Waals surface area contributed by atoms with Gasteiger partial charge in [0, 0.05) is 34.0 Å². The summed E-state index contributed by atoms with van der Waals surface area (Å²) < 4.78 is 22.4. The Kier molecular flexibility index (Phi) is 4.65. The van der Waals surface area contributed by atoms with Crippen molar-refractivity contribution < 1.29 is 33.0 Å². The number of furan rings is 1. The molecule has 7 nitrogen and oxygen atoms in total. The maximum Gasteiger partial charge on any atom is 0.331 e. The van der Waals surface area contributed by atoms with Crippen LogP contribution in [0, 0.1) is 27.6 Å². The van der Waals surface area contributed by atoms with Gasteiger partial charge < -0.3 is 18.6 Å². The highest BCUT2D eigenvalue weighted by Crippen LogP contribution is 2.77. The van der Waals surface area contributed by atoms with Crippen LogP contribution in [-0.4, -0.2) is 24.8 Å². The Bertz CT molecular complexity index is 1170. The average Bonchev–Trinajstić information content (AvgIpc) is 3.46. The van der Waals surface area contributed by atoms with E-state index >= 15 is 0 Å². The maximum atomic E-state index is 13.2. The minimum Gasteiger partial charge on any atom is -0.472 e. The SMILES string of the molecule is C=C1OC2=CC(=O)C(C)(C)[C@@H](CC(=O)OC)[C@@]2(C)[C@]12CC[C@]1(C)C2=CC(=O)O[C@H]1c1ccoc1. The first-order valence-electron chi connectivity index (χ1n) is 11.6. The Hall–Kier alpha value is -3.09. The molecule has 0 bridgehead atoms. The van der Waals surface area contributed by atoms with E-state index in [2.05, 4.69) is 13.5 Å². The van der Waals surface area contributed by atoms with E-state index in [9.17, 15) is 14.4 Å². The van der Waals surface area contributed by atoms with Crippen molar-refractivity contribution in [1.29, 1.82) is 0 Å². The molecule has 0 amide bonds. The summed E-state index contributed by atoms with van der Waals surface area (Å²) in [5, 5.41) is 0. The third-order valence-electron chi connectivity index (χ3n) is 9.19. The van der Waals surface area contributed by atoms with Gasteiger partial charge in [0.1, 0.15) is 17.6 Å². The highest BCUT2D eigenvalue weighted by Gasteiger charge is 2.74. The number of hydrogen-bond acceptors (Lipinski definition) is 7. The maximum absolute atomic E-state index is 13.2. The van der Waals surface area contributed by atoms with E-state index in [1.54, 1.807) is 24.7 Å². The number of ether oxygens (including phenoxy) is 3. The molecule has 1 aromatic heterocycles. The van der Waals surface area contributed by atoms with Crippen molar-refractivity contribution in [3.63, 3.8) is 0 Å². The molecule has 3 heterocycles. The van der Waals surface area contributed by atoms with Gasteiger partial charge in [0.2, 0.25) is 0 Å². The van der Waals surface area contributed by atoms with Gasteiger partial charge >= 0.3 is 11.9 Å². The molecule has 7 heteroatoms. The lowest BCUT2D eigenvalue weighted by Crippen LogP contribution is -2.54. The van der Waals surface area contributed by atoms with Crippen molar-refractivity contribution >= 4 is 17.7 Å². The van der Waals surface area contributed by atoms with Gasteiger partial charge in [0.15, 0.2) is 5.78 Å². The highest BCUT2D eigenvalue weighted by atomic mass is 16.5. The van der Waals surface area contributed by atoms with Crippen molar-refractivity contribution in [2.45, 2.75) is 53.1 Å². The third kappa shape index (κ3) is 2.55. The van der Waals surface area contributed by atoms with Crippen molar-refractivity contribution in [1.82, 2.24) is 0 Å². The van der Waals surface area contributed by atoms with E-state index < -0.39 is 45.6 Å². The standard InChI is InChI=1S/C27H30O7/c1-15-27(9-8-25(4)18(27)12-22(30)34-23(25)16-7-10-32-14-16)26(5)17(11-21(29)31-6)24(2,3)19(28)13-20(26)33-15/h7,10,12-14,17,23H,1,8-9,11H2,2-6H3/t17-,23+,25-,26-,27-/m1/s1. The molecule has 34 heavy (non-hydrogen) atoms. The summed E-state index contributed by atoms with van der Waals surface area (Å²) in [6.07, 6.45) is 7.15. The number of carbonyl (C=O) groups is 3. The van der Waals surface area contributed by atoms with Crippen LogP contribution < -0.4 is 0 Å². The second-order valence-corrected chi connectivity index (χ2v) is 10.9. The number of rotatable bonds is 3. The summed E-state index contributed by atoms with van der Waals surface area (Å²) in [5.74, 6) is -0.378. The number of hydrogen-bond donors (Lipinski definition) is 0. The van der Waals surface area contributed by atoms with Crippen LogP contribution in [0.25, 0.3) is 0 Å². The Labute approximate surface area is 198 Å². The fourth-order valence-corrected chi connectivity index (χ4v) is 7.23.